The number of phenolic OH excluding ortho intramolecular Hbond substituents is 2. The van der Waals surface area contributed by atoms with E-state index in [0.29, 0.717) is 11.4 Å². The maximum Gasteiger partial charge on any atom is 0.141 e. The van der Waals surface area contributed by atoms with Gasteiger partial charge in [0.1, 0.15) is 17.2 Å². The molecule has 2 rings (SSSR count). The van der Waals surface area contributed by atoms with Crippen molar-refractivity contribution in [2.45, 2.75) is 0 Å². The van der Waals surface area contributed by atoms with Crippen LogP contribution in [0.15, 0.2) is 53.5 Å². The van der Waals surface area contributed by atoms with Gasteiger partial charge in [0.15, 0.2) is 0 Å². The van der Waals surface area contributed by atoms with E-state index in [1.54, 1.807) is 48.5 Å². The zero-order valence-corrected chi connectivity index (χ0v) is 9.04. The normalized spacial score (nSPS) is 10.6. The molecule has 0 unspecified atom stereocenters. The van der Waals surface area contributed by atoms with Crippen molar-refractivity contribution in [3.63, 3.8) is 0 Å². The molecule has 17 heavy (non-hydrogen) atoms. The number of para-hydroxylation sites is 4. The number of hydrogen-bond acceptors (Lipinski definition) is 3. The Morgan fingerprint density at radius 2 is 1.53 bits per heavy atom. The van der Waals surface area contributed by atoms with Crippen LogP contribution in [0.5, 0.6) is 11.5 Å². The average molecular weight is 228 g/mol. The van der Waals surface area contributed by atoms with Crippen LogP contribution in [0.4, 0.5) is 11.4 Å². The van der Waals surface area contributed by atoms with Gasteiger partial charge in [0.05, 0.1) is 12.0 Å². The second kappa shape index (κ2) is 5.03. The molecule has 0 fully saturated rings. The van der Waals surface area contributed by atoms with Crippen molar-refractivity contribution in [2.24, 2.45) is 4.99 Å². The highest BCUT2D eigenvalue weighted by Crippen LogP contribution is 2.25. The highest BCUT2D eigenvalue weighted by atomic mass is 16.3. The Hall–Kier alpha value is -2.49. The van der Waals surface area contributed by atoms with Crippen LogP contribution in [0.25, 0.3) is 0 Å². The second-order valence-electron chi connectivity index (χ2n) is 3.41. The lowest BCUT2D eigenvalue weighted by atomic mass is 10.3. The smallest absolute Gasteiger partial charge is 0.141 e. The van der Waals surface area contributed by atoms with Crippen LogP contribution in [0.2, 0.25) is 0 Å². The lowest BCUT2D eigenvalue weighted by Gasteiger charge is -2.02. The molecule has 4 heteroatoms. The van der Waals surface area contributed by atoms with Crippen molar-refractivity contribution >= 4 is 17.7 Å². The number of aromatic hydroxyl groups is 2. The van der Waals surface area contributed by atoms with Crippen molar-refractivity contribution < 1.29 is 10.2 Å². The first-order valence-corrected chi connectivity index (χ1v) is 5.12. The number of anilines is 1. The molecule has 0 aliphatic carbocycles. The molecule has 0 aromatic heterocycles. The first kappa shape index (κ1) is 11.0. The summed E-state index contributed by atoms with van der Waals surface area (Å²) in [5.74, 6) is 0.263. The first-order chi connectivity index (χ1) is 8.27. The van der Waals surface area contributed by atoms with Crippen molar-refractivity contribution in [1.82, 2.24) is 0 Å². The topological polar surface area (TPSA) is 64.9 Å². The molecule has 2 aromatic carbocycles. The lowest BCUT2D eigenvalue weighted by Crippen LogP contribution is -1.94. The fraction of sp³-hybridized carbons (Fsp3) is 0. The van der Waals surface area contributed by atoms with Gasteiger partial charge in [-0.2, -0.15) is 0 Å². The van der Waals surface area contributed by atoms with E-state index in [9.17, 15) is 10.2 Å². The number of nitrogens with one attached hydrogen (secondary N) is 1. The van der Waals surface area contributed by atoms with E-state index in [0.717, 1.165) is 0 Å². The lowest BCUT2D eigenvalue weighted by molar-refractivity contribution is 0.477. The fourth-order valence-electron chi connectivity index (χ4n) is 1.34. The third-order valence-corrected chi connectivity index (χ3v) is 2.21. The molecule has 0 amide bonds. The van der Waals surface area contributed by atoms with Gasteiger partial charge in [-0.3, -0.25) is 0 Å². The molecule has 2 aromatic rings. The summed E-state index contributed by atoms with van der Waals surface area (Å²) in [5, 5.41) is 21.8. The molecular weight excluding hydrogens is 216 g/mol. The monoisotopic (exact) mass is 228 g/mol. The summed E-state index contributed by atoms with van der Waals surface area (Å²) in [5.41, 5.74) is 1.03. The van der Waals surface area contributed by atoms with Crippen LogP contribution in [-0.4, -0.2) is 16.6 Å². The van der Waals surface area contributed by atoms with E-state index in [4.69, 9.17) is 0 Å². The molecule has 0 aliphatic heterocycles. The third kappa shape index (κ3) is 2.75. The molecule has 0 atom stereocenters. The largest absolute Gasteiger partial charge is 0.506 e. The van der Waals surface area contributed by atoms with Crippen molar-refractivity contribution in [3.8, 4) is 11.5 Å². The summed E-state index contributed by atoms with van der Waals surface area (Å²) < 4.78 is 0. The van der Waals surface area contributed by atoms with Crippen LogP contribution in [0.3, 0.4) is 0 Å². The van der Waals surface area contributed by atoms with E-state index in [1.807, 2.05) is 0 Å². The number of hydrogen-bond donors (Lipinski definition) is 3. The Morgan fingerprint density at radius 1 is 0.882 bits per heavy atom. The van der Waals surface area contributed by atoms with E-state index in [-0.39, 0.29) is 11.5 Å². The maximum absolute atomic E-state index is 9.49. The summed E-state index contributed by atoms with van der Waals surface area (Å²) in [6.45, 7) is 0. The van der Waals surface area contributed by atoms with Gasteiger partial charge >= 0.3 is 0 Å². The zero-order chi connectivity index (χ0) is 12.1. The molecule has 3 N–H and O–H groups in total. The molecule has 0 saturated carbocycles. The highest BCUT2D eigenvalue weighted by molar-refractivity contribution is 5.81. The Bertz CT molecular complexity index is 538. The molecule has 86 valence electrons. The van der Waals surface area contributed by atoms with E-state index >= 15 is 0 Å². The molecule has 4 nitrogen and oxygen atoms in total. The van der Waals surface area contributed by atoms with Gasteiger partial charge in [-0.05, 0) is 24.3 Å². The summed E-state index contributed by atoms with van der Waals surface area (Å²) in [6.07, 6.45) is 1.42. The molecule has 0 spiro atoms. The van der Waals surface area contributed by atoms with Gasteiger partial charge in [0, 0.05) is 0 Å². The average Bonchev–Trinajstić information content (AvgIpc) is 2.34. The van der Waals surface area contributed by atoms with Gasteiger partial charge in [-0.1, -0.05) is 24.3 Å². The molecule has 0 bridgehead atoms. The number of aliphatic imine (C=N–C) groups is 1. The number of benzene rings is 2. The van der Waals surface area contributed by atoms with E-state index in [2.05, 4.69) is 10.3 Å². The van der Waals surface area contributed by atoms with Crippen molar-refractivity contribution in [2.75, 3.05) is 5.32 Å². The predicted molar refractivity (Wildman–Crippen MR) is 68.0 cm³/mol. The Labute approximate surface area is 98.9 Å². The van der Waals surface area contributed by atoms with E-state index in [1.165, 1.54) is 6.34 Å². The summed E-state index contributed by atoms with van der Waals surface area (Å²) >= 11 is 0. The minimum absolute atomic E-state index is 0.114. The Kier molecular flexibility index (Phi) is 3.25. The van der Waals surface area contributed by atoms with Crippen LogP contribution in [0.1, 0.15) is 0 Å². The maximum atomic E-state index is 9.49. The SMILES string of the molecule is Oc1ccccc1N=CNc1ccccc1O. The van der Waals surface area contributed by atoms with Gasteiger partial charge in [0.2, 0.25) is 0 Å². The van der Waals surface area contributed by atoms with Crippen molar-refractivity contribution in [1.29, 1.82) is 0 Å². The number of phenols is 2. The summed E-state index contributed by atoms with van der Waals surface area (Å²) in [7, 11) is 0. The zero-order valence-electron chi connectivity index (χ0n) is 9.04. The quantitative estimate of drug-likeness (QED) is 0.430. The third-order valence-electron chi connectivity index (χ3n) is 2.21. The molecule has 0 heterocycles. The molecule has 0 radical (unpaired) electrons. The number of rotatable bonds is 3. The van der Waals surface area contributed by atoms with Crippen LogP contribution in [-0.2, 0) is 0 Å². The molecule has 0 saturated heterocycles. The minimum atomic E-state index is 0.114. The van der Waals surface area contributed by atoms with Crippen LogP contribution >= 0.6 is 0 Å². The fourth-order valence-corrected chi connectivity index (χ4v) is 1.34. The number of nitrogens with zero attached hydrogens (tertiary/aromatic N) is 1. The Balaban J connectivity index is 2.09. The van der Waals surface area contributed by atoms with Crippen LogP contribution < -0.4 is 5.32 Å². The van der Waals surface area contributed by atoms with Gasteiger partial charge in [-0.15, -0.1) is 0 Å². The van der Waals surface area contributed by atoms with Gasteiger partial charge in [-0.25, -0.2) is 4.99 Å². The predicted octanol–water partition coefficient (Wildman–Crippen LogP) is 2.87. The molecular formula is C13H12N2O2. The Morgan fingerprint density at radius 3 is 2.24 bits per heavy atom. The van der Waals surface area contributed by atoms with Crippen LogP contribution in [0, 0.1) is 0 Å². The van der Waals surface area contributed by atoms with Gasteiger partial charge < -0.3 is 15.5 Å². The first-order valence-electron chi connectivity index (χ1n) is 5.12. The minimum Gasteiger partial charge on any atom is -0.506 e. The second-order valence-corrected chi connectivity index (χ2v) is 3.41. The highest BCUT2D eigenvalue weighted by Gasteiger charge is 1.97. The standard InChI is InChI=1S/C13H12N2O2/c16-12-7-3-1-5-10(12)14-9-15-11-6-2-4-8-13(11)17/h1-9,16-17H,(H,14,15). The summed E-state index contributed by atoms with van der Waals surface area (Å²) in [4.78, 5) is 4.04. The summed E-state index contributed by atoms with van der Waals surface area (Å²) in [6, 6.07) is 13.6. The molecule has 0 aliphatic rings. The van der Waals surface area contributed by atoms with Gasteiger partial charge in [0.25, 0.3) is 0 Å². The van der Waals surface area contributed by atoms with Crippen molar-refractivity contribution in [3.05, 3.63) is 48.5 Å². The van der Waals surface area contributed by atoms with E-state index < -0.39 is 0 Å².